The van der Waals surface area contributed by atoms with Crippen molar-refractivity contribution in [2.75, 3.05) is 26.0 Å². The molecule has 1 aliphatic heterocycles. The topological polar surface area (TPSA) is 76.7 Å². The highest BCUT2D eigenvalue weighted by atomic mass is 32.2. The zero-order valence-electron chi connectivity index (χ0n) is 19.3. The molecule has 4 rings (SSSR count). The number of carbonyl (C=O) groups excluding carboxylic acids is 2. The Labute approximate surface area is 199 Å². The predicted octanol–water partition coefficient (Wildman–Crippen LogP) is 4.99. The van der Waals surface area contributed by atoms with E-state index in [0.29, 0.717) is 30.3 Å². The predicted molar refractivity (Wildman–Crippen MR) is 130 cm³/mol. The number of thioether (sulfide) groups is 1. The van der Waals surface area contributed by atoms with Gasteiger partial charge < -0.3 is 20.1 Å². The molecule has 7 heteroatoms. The van der Waals surface area contributed by atoms with E-state index in [4.69, 9.17) is 9.47 Å². The maximum absolute atomic E-state index is 13.1. The molecule has 0 spiro atoms. The maximum Gasteiger partial charge on any atom is 0.407 e. The lowest BCUT2D eigenvalue weighted by atomic mass is 9.63. The second kappa shape index (κ2) is 10.5. The van der Waals surface area contributed by atoms with Crippen LogP contribution in [0, 0.1) is 5.41 Å². The highest BCUT2D eigenvalue weighted by molar-refractivity contribution is 7.99. The first-order valence-electron chi connectivity index (χ1n) is 11.6. The van der Waals surface area contributed by atoms with Gasteiger partial charge in [-0.25, -0.2) is 4.79 Å². The van der Waals surface area contributed by atoms with Crippen LogP contribution in [0.2, 0.25) is 0 Å². The van der Waals surface area contributed by atoms with Crippen molar-refractivity contribution in [3.63, 3.8) is 0 Å². The van der Waals surface area contributed by atoms with Crippen molar-refractivity contribution in [1.82, 2.24) is 10.6 Å². The Bertz CT molecular complexity index is 988. The van der Waals surface area contributed by atoms with E-state index in [1.807, 2.05) is 30.8 Å². The average Bonchev–Trinajstić information content (AvgIpc) is 3.28. The van der Waals surface area contributed by atoms with Crippen LogP contribution in [0.3, 0.4) is 0 Å². The monoisotopic (exact) mass is 468 g/mol. The molecule has 2 aromatic carbocycles. The van der Waals surface area contributed by atoms with Crippen LogP contribution in [-0.4, -0.2) is 44.1 Å². The van der Waals surface area contributed by atoms with E-state index in [1.165, 1.54) is 10.5 Å². The van der Waals surface area contributed by atoms with E-state index in [9.17, 15) is 9.59 Å². The molecule has 0 radical (unpaired) electrons. The summed E-state index contributed by atoms with van der Waals surface area (Å²) in [6.45, 7) is 3.02. The lowest BCUT2D eigenvalue weighted by Crippen LogP contribution is -2.46. The molecule has 2 aromatic rings. The Kier molecular flexibility index (Phi) is 7.48. The molecular formula is C26H32N2O4S. The van der Waals surface area contributed by atoms with Gasteiger partial charge in [0.05, 0.1) is 12.7 Å². The zero-order valence-corrected chi connectivity index (χ0v) is 20.1. The summed E-state index contributed by atoms with van der Waals surface area (Å²) >= 11 is 1.89. The van der Waals surface area contributed by atoms with Crippen LogP contribution in [0.25, 0.3) is 0 Å². The molecule has 1 unspecified atom stereocenters. The fourth-order valence-corrected chi connectivity index (χ4v) is 6.55. The number of methoxy groups -OCH3 is 1. The summed E-state index contributed by atoms with van der Waals surface area (Å²) < 4.78 is 11.0. The summed E-state index contributed by atoms with van der Waals surface area (Å²) in [7, 11) is 1.58. The van der Waals surface area contributed by atoms with Gasteiger partial charge in [-0.05, 0) is 61.8 Å². The molecule has 1 heterocycles. The van der Waals surface area contributed by atoms with Crippen LogP contribution in [0.5, 0.6) is 5.75 Å². The number of ether oxygens (including phenoxy) is 2. The summed E-state index contributed by atoms with van der Waals surface area (Å²) in [6.07, 6.45) is 2.95. The molecule has 1 atom stereocenters. The zero-order chi connectivity index (χ0) is 23.3. The van der Waals surface area contributed by atoms with Gasteiger partial charge >= 0.3 is 6.09 Å². The van der Waals surface area contributed by atoms with Crippen LogP contribution in [0.15, 0.2) is 53.4 Å². The highest BCUT2D eigenvalue weighted by Gasteiger charge is 2.46. The minimum Gasteiger partial charge on any atom is -0.496 e. The number of hydrogen-bond donors (Lipinski definition) is 2. The van der Waals surface area contributed by atoms with Crippen LogP contribution in [0.4, 0.5) is 4.79 Å². The van der Waals surface area contributed by atoms with Gasteiger partial charge in [0.25, 0.3) is 5.91 Å². The van der Waals surface area contributed by atoms with Crippen molar-refractivity contribution in [2.45, 2.75) is 49.5 Å². The van der Waals surface area contributed by atoms with Crippen LogP contribution in [0.1, 0.15) is 54.4 Å². The van der Waals surface area contributed by atoms with E-state index in [2.05, 4.69) is 34.9 Å². The number of alkyl carbamates (subject to hydrolysis) is 1. The molecule has 2 N–H and O–H groups in total. The Hall–Kier alpha value is -2.67. The second-order valence-electron chi connectivity index (χ2n) is 8.78. The van der Waals surface area contributed by atoms with Gasteiger partial charge in [0.1, 0.15) is 11.9 Å². The average molecular weight is 469 g/mol. The standard InChI is InChI=1S/C26H32N2O4S/c1-3-27-25(30)32-18-12-14-26(15-13-18,21-16-33-23-11-7-5-8-19(21)23)17-28-24(29)20-9-4-6-10-22(20)31-2/h4-11,18,21H,3,12-17H2,1-2H3,(H,27,30)(H,28,29)/t18-,21?,26-. The number of carbonyl (C=O) groups is 2. The number of para-hydroxylation sites is 1. The summed E-state index contributed by atoms with van der Waals surface area (Å²) in [5, 5.41) is 5.94. The quantitative estimate of drug-likeness (QED) is 0.599. The van der Waals surface area contributed by atoms with E-state index < -0.39 is 0 Å². The van der Waals surface area contributed by atoms with Gasteiger partial charge in [-0.2, -0.15) is 0 Å². The van der Waals surface area contributed by atoms with E-state index in [1.54, 1.807) is 19.2 Å². The van der Waals surface area contributed by atoms with Crippen LogP contribution in [-0.2, 0) is 4.74 Å². The third-order valence-corrected chi connectivity index (χ3v) is 8.10. The molecular weight excluding hydrogens is 436 g/mol. The first kappa shape index (κ1) is 23.5. The highest BCUT2D eigenvalue weighted by Crippen LogP contribution is 2.54. The molecule has 0 aromatic heterocycles. The molecule has 176 valence electrons. The number of amides is 2. The van der Waals surface area contributed by atoms with Crippen molar-refractivity contribution < 1.29 is 19.1 Å². The van der Waals surface area contributed by atoms with Crippen molar-refractivity contribution >= 4 is 23.8 Å². The number of fused-ring (bicyclic) bond motifs is 1. The van der Waals surface area contributed by atoms with E-state index in [-0.39, 0.29) is 23.5 Å². The van der Waals surface area contributed by atoms with E-state index >= 15 is 0 Å². The van der Waals surface area contributed by atoms with Crippen molar-refractivity contribution in [2.24, 2.45) is 5.41 Å². The van der Waals surface area contributed by atoms with Gasteiger partial charge in [-0.15, -0.1) is 11.8 Å². The Morgan fingerprint density at radius 3 is 2.55 bits per heavy atom. The van der Waals surface area contributed by atoms with Crippen molar-refractivity contribution in [3.05, 3.63) is 59.7 Å². The Morgan fingerprint density at radius 2 is 1.79 bits per heavy atom. The summed E-state index contributed by atoms with van der Waals surface area (Å²) in [5.74, 6) is 1.81. The first-order chi connectivity index (χ1) is 16.1. The third-order valence-electron chi connectivity index (χ3n) is 6.91. The molecule has 2 aliphatic rings. The van der Waals surface area contributed by atoms with E-state index in [0.717, 1.165) is 31.4 Å². The smallest absolute Gasteiger partial charge is 0.407 e. The number of nitrogens with one attached hydrogen (secondary N) is 2. The summed E-state index contributed by atoms with van der Waals surface area (Å²) in [5.41, 5.74) is 1.83. The first-order valence-corrected chi connectivity index (χ1v) is 12.6. The molecule has 2 amide bonds. The molecule has 6 nitrogen and oxygen atoms in total. The third kappa shape index (κ3) is 5.13. The lowest BCUT2D eigenvalue weighted by Gasteiger charge is -2.44. The number of rotatable bonds is 7. The molecule has 33 heavy (non-hydrogen) atoms. The Morgan fingerprint density at radius 1 is 1.06 bits per heavy atom. The normalized spacial score (nSPS) is 23.9. The second-order valence-corrected chi connectivity index (χ2v) is 9.84. The molecule has 1 saturated carbocycles. The summed E-state index contributed by atoms with van der Waals surface area (Å²) in [4.78, 5) is 26.3. The Balaban J connectivity index is 1.52. The SMILES string of the molecule is CCNC(=O)O[C@H]1CC[C@](CNC(=O)c2ccccc2OC)(C2CSc3ccccc32)CC1. The molecule has 0 saturated heterocycles. The maximum atomic E-state index is 13.1. The van der Waals surface area contributed by atoms with Gasteiger partial charge in [0.2, 0.25) is 0 Å². The molecule has 1 fully saturated rings. The fourth-order valence-electron chi connectivity index (χ4n) is 5.12. The van der Waals surface area contributed by atoms with Crippen molar-refractivity contribution in [3.8, 4) is 5.75 Å². The van der Waals surface area contributed by atoms with Crippen molar-refractivity contribution in [1.29, 1.82) is 0 Å². The molecule has 0 bridgehead atoms. The summed E-state index contributed by atoms with van der Waals surface area (Å²) in [6, 6.07) is 15.9. The van der Waals surface area contributed by atoms with Gasteiger partial charge in [-0.3, -0.25) is 4.79 Å². The van der Waals surface area contributed by atoms with Gasteiger partial charge in [-0.1, -0.05) is 30.3 Å². The minimum absolute atomic E-state index is 0.0844. The largest absolute Gasteiger partial charge is 0.496 e. The fraction of sp³-hybridized carbons (Fsp3) is 0.462. The van der Waals surface area contributed by atoms with Gasteiger partial charge in [0, 0.05) is 29.7 Å². The molecule has 1 aliphatic carbocycles. The van der Waals surface area contributed by atoms with Crippen LogP contribution >= 0.6 is 11.8 Å². The lowest BCUT2D eigenvalue weighted by molar-refractivity contribution is 0.0294. The van der Waals surface area contributed by atoms with Gasteiger partial charge in [0.15, 0.2) is 0 Å². The number of benzene rings is 2. The minimum atomic E-state index is -0.346. The number of hydrogen-bond acceptors (Lipinski definition) is 5. The van der Waals surface area contributed by atoms with Crippen LogP contribution < -0.4 is 15.4 Å².